The van der Waals surface area contributed by atoms with Crippen molar-refractivity contribution >= 4 is 40.1 Å². The first kappa shape index (κ1) is 20.9. The third-order valence-electron chi connectivity index (χ3n) is 5.70. The predicted molar refractivity (Wildman–Crippen MR) is 117 cm³/mol. The molecule has 0 aliphatic carbocycles. The third-order valence-corrected chi connectivity index (χ3v) is 6.49. The van der Waals surface area contributed by atoms with Crippen LogP contribution in [0.25, 0.3) is 5.69 Å². The Morgan fingerprint density at radius 3 is 2.88 bits per heavy atom. The molecule has 4 heterocycles. The van der Waals surface area contributed by atoms with Crippen LogP contribution in [0.15, 0.2) is 36.0 Å². The number of nitrogens with one attached hydrogen (secondary N) is 1. The van der Waals surface area contributed by atoms with Crippen molar-refractivity contribution in [3.8, 4) is 5.69 Å². The minimum absolute atomic E-state index is 0.175. The molecule has 1 fully saturated rings. The van der Waals surface area contributed by atoms with E-state index in [1.54, 1.807) is 29.8 Å². The molecule has 33 heavy (non-hydrogen) atoms. The number of carbonyl (C=O) groups excluding carboxylic acids is 4. The van der Waals surface area contributed by atoms with Gasteiger partial charge in [-0.3, -0.25) is 29.4 Å². The van der Waals surface area contributed by atoms with Crippen LogP contribution in [0.3, 0.4) is 0 Å². The molecule has 2 aliphatic heterocycles. The molecule has 11 nitrogen and oxygen atoms in total. The van der Waals surface area contributed by atoms with Gasteiger partial charge in [0.05, 0.1) is 11.9 Å². The number of piperidine rings is 1. The fraction of sp³-hybridized carbons (Fsp3) is 0.286. The Balaban J connectivity index is 1.37. The van der Waals surface area contributed by atoms with Crippen LogP contribution in [0, 0.1) is 0 Å². The van der Waals surface area contributed by atoms with E-state index in [9.17, 15) is 19.2 Å². The molecule has 1 unspecified atom stereocenters. The van der Waals surface area contributed by atoms with E-state index in [1.807, 2.05) is 6.92 Å². The summed E-state index contributed by atoms with van der Waals surface area (Å²) in [4.78, 5) is 56.6. The summed E-state index contributed by atoms with van der Waals surface area (Å²) in [5.74, 6) is -1.33. The van der Waals surface area contributed by atoms with E-state index in [0.717, 1.165) is 5.56 Å². The van der Waals surface area contributed by atoms with Crippen molar-refractivity contribution in [1.82, 2.24) is 30.2 Å². The number of hydrogen-bond donors (Lipinski definition) is 1. The quantitative estimate of drug-likeness (QED) is 0.560. The van der Waals surface area contributed by atoms with Crippen molar-refractivity contribution < 1.29 is 19.2 Å². The fourth-order valence-electron chi connectivity index (χ4n) is 4.04. The standard InChI is InChI=1S/C21H19N7O4S/c1-2-26(21-22-7-8-33-21)20(32)15-11-28(25-24-15)13-3-4-14-12(9-13)10-27(19(14)31)16-5-6-17(29)23-18(16)30/h3-4,7-9,11,16H,2,5-6,10H2,1H3,(H,23,29,30). The number of carbonyl (C=O) groups is 4. The Bertz CT molecular complexity index is 1270. The zero-order valence-corrected chi connectivity index (χ0v) is 18.4. The Kier molecular flexibility index (Phi) is 5.21. The Labute approximate surface area is 192 Å². The van der Waals surface area contributed by atoms with Crippen molar-refractivity contribution in [3.05, 3.63) is 52.8 Å². The highest BCUT2D eigenvalue weighted by atomic mass is 32.1. The molecule has 168 valence electrons. The lowest BCUT2D eigenvalue weighted by molar-refractivity contribution is -0.136. The molecule has 1 saturated heterocycles. The second-order valence-electron chi connectivity index (χ2n) is 7.65. The summed E-state index contributed by atoms with van der Waals surface area (Å²) in [6.45, 7) is 2.55. The van der Waals surface area contributed by atoms with E-state index in [1.165, 1.54) is 32.0 Å². The Morgan fingerprint density at radius 1 is 1.30 bits per heavy atom. The van der Waals surface area contributed by atoms with E-state index in [0.29, 0.717) is 29.3 Å². The van der Waals surface area contributed by atoms with Gasteiger partial charge in [-0.15, -0.1) is 16.4 Å². The molecule has 1 atom stereocenters. The van der Waals surface area contributed by atoms with Crippen LogP contribution in [0.5, 0.6) is 0 Å². The van der Waals surface area contributed by atoms with Crippen molar-refractivity contribution in [2.75, 3.05) is 11.4 Å². The number of rotatable bonds is 5. The lowest BCUT2D eigenvalue weighted by Gasteiger charge is -2.29. The van der Waals surface area contributed by atoms with E-state index >= 15 is 0 Å². The van der Waals surface area contributed by atoms with Crippen LogP contribution in [0.1, 0.15) is 46.2 Å². The predicted octanol–water partition coefficient (Wildman–Crippen LogP) is 1.15. The highest BCUT2D eigenvalue weighted by Crippen LogP contribution is 2.29. The summed E-state index contributed by atoms with van der Waals surface area (Å²) < 4.78 is 1.47. The molecule has 12 heteroatoms. The molecule has 2 aromatic heterocycles. The van der Waals surface area contributed by atoms with Gasteiger partial charge < -0.3 is 4.90 Å². The van der Waals surface area contributed by atoms with Crippen molar-refractivity contribution in [2.45, 2.75) is 32.4 Å². The van der Waals surface area contributed by atoms with E-state index in [2.05, 4.69) is 20.6 Å². The summed E-state index contributed by atoms with van der Waals surface area (Å²) >= 11 is 1.36. The molecule has 0 bridgehead atoms. The number of anilines is 1. The first-order chi connectivity index (χ1) is 16.0. The van der Waals surface area contributed by atoms with Gasteiger partial charge >= 0.3 is 0 Å². The third kappa shape index (κ3) is 3.67. The number of fused-ring (bicyclic) bond motifs is 1. The molecule has 4 amide bonds. The van der Waals surface area contributed by atoms with Crippen molar-refractivity contribution in [3.63, 3.8) is 0 Å². The molecular weight excluding hydrogens is 446 g/mol. The number of nitrogens with zero attached hydrogens (tertiary/aromatic N) is 6. The van der Waals surface area contributed by atoms with Crippen LogP contribution in [-0.2, 0) is 16.1 Å². The van der Waals surface area contributed by atoms with Gasteiger partial charge in [0.1, 0.15) is 6.04 Å². The maximum atomic E-state index is 12.9. The van der Waals surface area contributed by atoms with Gasteiger partial charge in [-0.05, 0) is 37.1 Å². The maximum absolute atomic E-state index is 12.9. The SMILES string of the molecule is CCN(C(=O)c1cn(-c2ccc3c(c2)CN(C2CCC(=O)NC2=O)C3=O)nn1)c1nccs1. The first-order valence-electron chi connectivity index (χ1n) is 10.4. The minimum atomic E-state index is -0.674. The number of aromatic nitrogens is 4. The monoisotopic (exact) mass is 465 g/mol. The number of amides is 4. The number of thiazole rings is 1. The molecule has 3 aromatic rings. The van der Waals surface area contributed by atoms with Gasteiger partial charge in [0.15, 0.2) is 10.8 Å². The average Bonchev–Trinajstić information content (AvgIpc) is 3.55. The zero-order chi connectivity index (χ0) is 23.1. The van der Waals surface area contributed by atoms with Gasteiger partial charge in [-0.1, -0.05) is 5.21 Å². The normalized spacial score (nSPS) is 17.8. The largest absolute Gasteiger partial charge is 0.322 e. The van der Waals surface area contributed by atoms with Gasteiger partial charge in [-0.2, -0.15) is 0 Å². The molecule has 0 saturated carbocycles. The topological polar surface area (TPSA) is 130 Å². The van der Waals surface area contributed by atoms with Gasteiger partial charge in [0.2, 0.25) is 11.8 Å². The molecule has 5 rings (SSSR count). The lowest BCUT2D eigenvalue weighted by atomic mass is 10.0. The van der Waals surface area contributed by atoms with Gasteiger partial charge in [-0.25, -0.2) is 9.67 Å². The molecule has 1 N–H and O–H groups in total. The van der Waals surface area contributed by atoms with Crippen molar-refractivity contribution in [1.29, 1.82) is 0 Å². The van der Waals surface area contributed by atoms with Gasteiger partial charge in [0.25, 0.3) is 11.8 Å². The molecular formula is C21H19N7O4S. The summed E-state index contributed by atoms with van der Waals surface area (Å²) in [5, 5.41) is 12.8. The molecule has 1 aromatic carbocycles. The molecule has 0 radical (unpaired) electrons. The van der Waals surface area contributed by atoms with Crippen LogP contribution in [0.4, 0.5) is 5.13 Å². The second-order valence-corrected chi connectivity index (χ2v) is 8.53. The van der Waals surface area contributed by atoms with E-state index in [4.69, 9.17) is 0 Å². The lowest BCUT2D eigenvalue weighted by Crippen LogP contribution is -2.52. The highest BCUT2D eigenvalue weighted by Gasteiger charge is 2.39. The number of imide groups is 1. The summed E-state index contributed by atoms with van der Waals surface area (Å²) in [6, 6.07) is 4.51. The molecule has 0 spiro atoms. The van der Waals surface area contributed by atoms with Crippen LogP contribution in [0.2, 0.25) is 0 Å². The van der Waals surface area contributed by atoms with Crippen molar-refractivity contribution in [2.24, 2.45) is 0 Å². The second kappa shape index (κ2) is 8.20. The minimum Gasteiger partial charge on any atom is -0.322 e. The first-order valence-corrected chi connectivity index (χ1v) is 11.3. The summed E-state index contributed by atoms with van der Waals surface area (Å²) in [7, 11) is 0. The van der Waals surface area contributed by atoms with Crippen LogP contribution >= 0.6 is 11.3 Å². The smallest absolute Gasteiger partial charge is 0.282 e. The van der Waals surface area contributed by atoms with Crippen LogP contribution in [-0.4, -0.2) is 61.1 Å². The Morgan fingerprint density at radius 2 is 2.15 bits per heavy atom. The number of benzene rings is 1. The fourth-order valence-corrected chi connectivity index (χ4v) is 4.75. The summed E-state index contributed by atoms with van der Waals surface area (Å²) in [6.07, 6.45) is 3.68. The highest BCUT2D eigenvalue weighted by molar-refractivity contribution is 7.13. The Hall–Kier alpha value is -3.93. The zero-order valence-electron chi connectivity index (χ0n) is 17.6. The van der Waals surface area contributed by atoms with Crippen LogP contribution < -0.4 is 10.2 Å². The van der Waals surface area contributed by atoms with E-state index in [-0.39, 0.29) is 36.4 Å². The van der Waals surface area contributed by atoms with E-state index < -0.39 is 11.9 Å². The summed E-state index contributed by atoms with van der Waals surface area (Å²) in [5.41, 5.74) is 2.05. The molecule has 2 aliphatic rings. The average molecular weight is 465 g/mol. The number of hydrogen-bond acceptors (Lipinski definition) is 8. The maximum Gasteiger partial charge on any atom is 0.282 e. The van der Waals surface area contributed by atoms with Gasteiger partial charge in [0, 0.05) is 36.7 Å².